The molecule has 1 atom stereocenters. The topological polar surface area (TPSA) is 15.3 Å². The third kappa shape index (κ3) is 5.23. The Bertz CT molecular complexity index is 156. The van der Waals surface area contributed by atoms with Crippen molar-refractivity contribution in [3.05, 3.63) is 0 Å². The van der Waals surface area contributed by atoms with Crippen LogP contribution >= 0.6 is 11.8 Å². The molecule has 1 heterocycles. The molecule has 1 N–H and O–H groups in total. The highest BCUT2D eigenvalue weighted by Gasteiger charge is 2.13. The van der Waals surface area contributed by atoms with Gasteiger partial charge in [-0.3, -0.25) is 0 Å². The first-order valence-corrected chi connectivity index (χ1v) is 7.31. The Balaban J connectivity index is 2.04. The van der Waals surface area contributed by atoms with Gasteiger partial charge in [0.1, 0.15) is 0 Å². The molecule has 2 nitrogen and oxygen atoms in total. The van der Waals surface area contributed by atoms with Crippen LogP contribution in [0.15, 0.2) is 0 Å². The minimum Gasteiger partial charge on any atom is -0.317 e. The molecule has 0 aromatic rings. The highest BCUT2D eigenvalue weighted by molar-refractivity contribution is 7.99. The minimum absolute atomic E-state index is 0.735. The normalized spacial score (nSPS) is 20.8. The summed E-state index contributed by atoms with van der Waals surface area (Å²) < 4.78 is 0. The second-order valence-corrected chi connectivity index (χ2v) is 5.97. The van der Waals surface area contributed by atoms with Crippen molar-refractivity contribution in [1.29, 1.82) is 0 Å². The SMILES string of the molecule is CCC(C)N(C)CCSC1CCNCC1. The van der Waals surface area contributed by atoms with Crippen LogP contribution in [-0.4, -0.2) is 48.6 Å². The number of hydrogen-bond donors (Lipinski definition) is 1. The van der Waals surface area contributed by atoms with Crippen LogP contribution in [0, 0.1) is 0 Å². The maximum Gasteiger partial charge on any atom is 0.00722 e. The standard InChI is InChI=1S/C12H26N2S/c1-4-11(2)14(3)9-10-15-12-5-7-13-8-6-12/h11-13H,4-10H2,1-3H3. The molecular formula is C12H26N2S. The van der Waals surface area contributed by atoms with Gasteiger partial charge in [-0.1, -0.05) is 6.92 Å². The molecule has 1 saturated heterocycles. The van der Waals surface area contributed by atoms with Gasteiger partial charge < -0.3 is 10.2 Å². The summed E-state index contributed by atoms with van der Waals surface area (Å²) in [6.07, 6.45) is 3.98. The van der Waals surface area contributed by atoms with Crippen LogP contribution in [0.1, 0.15) is 33.1 Å². The molecule has 0 bridgehead atoms. The van der Waals surface area contributed by atoms with Gasteiger partial charge in [0.2, 0.25) is 0 Å². The van der Waals surface area contributed by atoms with E-state index in [0.717, 1.165) is 11.3 Å². The van der Waals surface area contributed by atoms with Gasteiger partial charge in [-0.15, -0.1) is 0 Å². The van der Waals surface area contributed by atoms with Crippen molar-refractivity contribution in [2.24, 2.45) is 0 Å². The molecule has 1 unspecified atom stereocenters. The monoisotopic (exact) mass is 230 g/mol. The molecule has 0 saturated carbocycles. The summed E-state index contributed by atoms with van der Waals surface area (Å²) in [6.45, 7) is 8.26. The molecular weight excluding hydrogens is 204 g/mol. The Hall–Kier alpha value is 0.270. The maximum atomic E-state index is 3.42. The predicted octanol–water partition coefficient (Wildman–Crippen LogP) is 2.20. The lowest BCUT2D eigenvalue weighted by Crippen LogP contribution is -2.32. The summed E-state index contributed by atoms with van der Waals surface area (Å²) in [5.74, 6) is 1.30. The van der Waals surface area contributed by atoms with E-state index in [1.807, 2.05) is 0 Å². The molecule has 1 aliphatic heterocycles. The van der Waals surface area contributed by atoms with E-state index in [2.05, 4.69) is 42.9 Å². The Morgan fingerprint density at radius 1 is 1.40 bits per heavy atom. The Labute approximate surface area is 99.2 Å². The van der Waals surface area contributed by atoms with Crippen LogP contribution in [0.4, 0.5) is 0 Å². The highest BCUT2D eigenvalue weighted by Crippen LogP contribution is 2.20. The average molecular weight is 230 g/mol. The number of rotatable bonds is 6. The van der Waals surface area contributed by atoms with Crippen molar-refractivity contribution in [2.75, 3.05) is 32.4 Å². The summed E-state index contributed by atoms with van der Waals surface area (Å²) in [6, 6.07) is 0.735. The minimum atomic E-state index is 0.735. The molecule has 0 aromatic heterocycles. The summed E-state index contributed by atoms with van der Waals surface area (Å²) >= 11 is 2.17. The zero-order chi connectivity index (χ0) is 11.1. The number of thioether (sulfide) groups is 1. The van der Waals surface area contributed by atoms with Gasteiger partial charge in [-0.2, -0.15) is 11.8 Å². The first-order valence-electron chi connectivity index (χ1n) is 6.26. The maximum absolute atomic E-state index is 3.42. The van der Waals surface area contributed by atoms with E-state index in [9.17, 15) is 0 Å². The fourth-order valence-electron chi connectivity index (χ4n) is 1.86. The molecule has 0 radical (unpaired) electrons. The lowest BCUT2D eigenvalue weighted by Gasteiger charge is -2.26. The van der Waals surface area contributed by atoms with Crippen molar-refractivity contribution < 1.29 is 0 Å². The molecule has 90 valence electrons. The lowest BCUT2D eigenvalue weighted by molar-refractivity contribution is 0.267. The molecule has 1 aliphatic rings. The van der Waals surface area contributed by atoms with E-state index < -0.39 is 0 Å². The van der Waals surface area contributed by atoms with Crippen LogP contribution in [0.5, 0.6) is 0 Å². The van der Waals surface area contributed by atoms with E-state index in [1.165, 1.54) is 44.6 Å². The van der Waals surface area contributed by atoms with Crippen LogP contribution in [0.25, 0.3) is 0 Å². The fraction of sp³-hybridized carbons (Fsp3) is 1.00. The summed E-state index contributed by atoms with van der Waals surface area (Å²) in [5, 5.41) is 4.33. The zero-order valence-corrected chi connectivity index (χ0v) is 11.3. The first-order chi connectivity index (χ1) is 7.24. The van der Waals surface area contributed by atoms with Gasteiger partial charge in [0.25, 0.3) is 0 Å². The lowest BCUT2D eigenvalue weighted by atomic mass is 10.2. The molecule has 15 heavy (non-hydrogen) atoms. The first kappa shape index (κ1) is 13.3. The summed E-state index contributed by atoms with van der Waals surface area (Å²) in [7, 11) is 2.25. The summed E-state index contributed by atoms with van der Waals surface area (Å²) in [5.41, 5.74) is 0. The Morgan fingerprint density at radius 2 is 2.07 bits per heavy atom. The van der Waals surface area contributed by atoms with Crippen molar-refractivity contribution in [3.8, 4) is 0 Å². The van der Waals surface area contributed by atoms with Crippen molar-refractivity contribution in [3.63, 3.8) is 0 Å². The second-order valence-electron chi connectivity index (χ2n) is 4.56. The van der Waals surface area contributed by atoms with Crippen LogP contribution in [-0.2, 0) is 0 Å². The molecule has 0 aliphatic carbocycles. The van der Waals surface area contributed by atoms with Crippen LogP contribution in [0.2, 0.25) is 0 Å². The Morgan fingerprint density at radius 3 is 2.67 bits per heavy atom. The quantitative estimate of drug-likeness (QED) is 0.753. The van der Waals surface area contributed by atoms with Gasteiger partial charge in [-0.25, -0.2) is 0 Å². The molecule has 1 fully saturated rings. The molecule has 0 aromatic carbocycles. The van der Waals surface area contributed by atoms with E-state index in [0.29, 0.717) is 0 Å². The fourth-order valence-corrected chi connectivity index (χ4v) is 3.15. The third-order valence-electron chi connectivity index (χ3n) is 3.43. The largest absolute Gasteiger partial charge is 0.317 e. The molecule has 0 spiro atoms. The second kappa shape index (κ2) is 7.53. The third-order valence-corrected chi connectivity index (χ3v) is 4.79. The van der Waals surface area contributed by atoms with E-state index in [-0.39, 0.29) is 0 Å². The van der Waals surface area contributed by atoms with Crippen LogP contribution < -0.4 is 5.32 Å². The highest BCUT2D eigenvalue weighted by atomic mass is 32.2. The zero-order valence-electron chi connectivity index (χ0n) is 10.5. The number of nitrogens with one attached hydrogen (secondary N) is 1. The number of hydrogen-bond acceptors (Lipinski definition) is 3. The van der Waals surface area contributed by atoms with E-state index in [4.69, 9.17) is 0 Å². The number of nitrogens with zero attached hydrogens (tertiary/aromatic N) is 1. The van der Waals surface area contributed by atoms with E-state index in [1.54, 1.807) is 0 Å². The predicted molar refractivity (Wildman–Crippen MR) is 70.7 cm³/mol. The molecule has 3 heteroatoms. The van der Waals surface area contributed by atoms with Gasteiger partial charge in [0.15, 0.2) is 0 Å². The molecule has 1 rings (SSSR count). The van der Waals surface area contributed by atoms with Crippen molar-refractivity contribution in [1.82, 2.24) is 10.2 Å². The van der Waals surface area contributed by atoms with Crippen molar-refractivity contribution >= 4 is 11.8 Å². The van der Waals surface area contributed by atoms with Crippen molar-refractivity contribution in [2.45, 2.75) is 44.4 Å². The van der Waals surface area contributed by atoms with Crippen LogP contribution in [0.3, 0.4) is 0 Å². The summed E-state index contributed by atoms with van der Waals surface area (Å²) in [4.78, 5) is 2.48. The van der Waals surface area contributed by atoms with Gasteiger partial charge in [-0.05, 0) is 46.3 Å². The number of piperidine rings is 1. The van der Waals surface area contributed by atoms with E-state index >= 15 is 0 Å². The van der Waals surface area contributed by atoms with Gasteiger partial charge in [0, 0.05) is 23.6 Å². The Kier molecular flexibility index (Phi) is 6.69. The smallest absolute Gasteiger partial charge is 0.00722 e. The average Bonchev–Trinajstić information content (AvgIpc) is 2.29. The van der Waals surface area contributed by atoms with Gasteiger partial charge in [0.05, 0.1) is 0 Å². The molecule has 0 amide bonds. The van der Waals surface area contributed by atoms with Gasteiger partial charge >= 0.3 is 0 Å².